The van der Waals surface area contributed by atoms with Gasteiger partial charge in [-0.05, 0) is 6.07 Å². The number of primary amides is 1. The number of aromatic nitrogens is 3. The maximum atomic E-state index is 11.2. The third kappa shape index (κ3) is 2.65. The van der Waals surface area contributed by atoms with Crippen LogP contribution >= 0.6 is 0 Å². The van der Waals surface area contributed by atoms with Crippen LogP contribution in [0.25, 0.3) is 0 Å². The van der Waals surface area contributed by atoms with Gasteiger partial charge in [-0.1, -0.05) is 0 Å². The number of carbonyl (C=O) groups excluding carboxylic acids is 1. The van der Waals surface area contributed by atoms with Crippen LogP contribution in [0.1, 0.15) is 16.2 Å². The van der Waals surface area contributed by atoms with Crippen molar-refractivity contribution in [1.82, 2.24) is 14.5 Å². The molecule has 0 unspecified atom stereocenters. The number of nitrogens with two attached hydrogens (primary N) is 2. The molecule has 0 saturated heterocycles. The lowest BCUT2D eigenvalue weighted by molar-refractivity contribution is 0.100. The lowest BCUT2D eigenvalue weighted by atomic mass is 10.2. The Balaban J connectivity index is 2.24. The molecule has 7 heteroatoms. The quantitative estimate of drug-likeness (QED) is 0.813. The van der Waals surface area contributed by atoms with Gasteiger partial charge in [0.1, 0.15) is 11.6 Å². The Morgan fingerprint density at radius 1 is 1.47 bits per heavy atom. The number of nitrogens with zero attached hydrogens (tertiary/aromatic N) is 4. The van der Waals surface area contributed by atoms with Gasteiger partial charge in [-0.15, -0.1) is 0 Å². The highest BCUT2D eigenvalue weighted by molar-refractivity contribution is 5.98. The lowest BCUT2D eigenvalue weighted by Crippen LogP contribution is -2.21. The molecular weight excluding hydrogens is 244 g/mol. The Kier molecular flexibility index (Phi) is 3.37. The van der Waals surface area contributed by atoms with Crippen molar-refractivity contribution in [2.75, 3.05) is 17.7 Å². The number of hydrogen-bond acceptors (Lipinski definition) is 5. The van der Waals surface area contributed by atoms with Crippen molar-refractivity contribution in [1.29, 1.82) is 0 Å². The summed E-state index contributed by atoms with van der Waals surface area (Å²) in [5.74, 6) is 0.944. The molecule has 19 heavy (non-hydrogen) atoms. The maximum absolute atomic E-state index is 11.2. The minimum Gasteiger partial charge on any atom is -0.397 e. The monoisotopic (exact) mass is 260 g/mol. The van der Waals surface area contributed by atoms with E-state index in [-0.39, 0.29) is 11.3 Å². The third-order valence-corrected chi connectivity index (χ3v) is 2.88. The zero-order valence-corrected chi connectivity index (χ0v) is 10.9. The summed E-state index contributed by atoms with van der Waals surface area (Å²) in [5, 5.41) is 0. The van der Waals surface area contributed by atoms with E-state index in [4.69, 9.17) is 11.5 Å². The van der Waals surface area contributed by atoms with Gasteiger partial charge in [0, 0.05) is 26.5 Å². The van der Waals surface area contributed by atoms with E-state index in [1.165, 1.54) is 6.20 Å². The molecule has 7 nitrogen and oxygen atoms in total. The summed E-state index contributed by atoms with van der Waals surface area (Å²) in [6, 6.07) is 1.58. The summed E-state index contributed by atoms with van der Waals surface area (Å²) in [5.41, 5.74) is 11.5. The van der Waals surface area contributed by atoms with E-state index >= 15 is 0 Å². The van der Waals surface area contributed by atoms with Gasteiger partial charge in [0.15, 0.2) is 0 Å². The SMILES string of the molecule is CN(Cc1nccn1C)c1cc(C(N)=O)c(N)cn1. The molecule has 0 aliphatic rings. The first-order valence-electron chi connectivity index (χ1n) is 5.71. The molecule has 100 valence electrons. The van der Waals surface area contributed by atoms with E-state index < -0.39 is 5.91 Å². The van der Waals surface area contributed by atoms with E-state index in [1.807, 2.05) is 29.8 Å². The molecule has 2 heterocycles. The second-order valence-electron chi connectivity index (χ2n) is 4.30. The largest absolute Gasteiger partial charge is 0.397 e. The molecule has 0 fully saturated rings. The van der Waals surface area contributed by atoms with Crippen molar-refractivity contribution >= 4 is 17.4 Å². The van der Waals surface area contributed by atoms with E-state index in [2.05, 4.69) is 9.97 Å². The number of carbonyl (C=O) groups is 1. The van der Waals surface area contributed by atoms with E-state index in [9.17, 15) is 4.79 Å². The molecular formula is C12H16N6O. The number of rotatable bonds is 4. The lowest BCUT2D eigenvalue weighted by Gasteiger charge is -2.18. The van der Waals surface area contributed by atoms with Gasteiger partial charge in [0.25, 0.3) is 5.91 Å². The number of pyridine rings is 1. The van der Waals surface area contributed by atoms with Gasteiger partial charge in [0.2, 0.25) is 0 Å². The molecule has 0 aliphatic heterocycles. The minimum atomic E-state index is -0.563. The smallest absolute Gasteiger partial charge is 0.250 e. The molecule has 2 aromatic heterocycles. The Labute approximate surface area is 110 Å². The molecule has 0 aliphatic carbocycles. The van der Waals surface area contributed by atoms with Crippen LogP contribution in [0, 0.1) is 0 Å². The molecule has 0 saturated carbocycles. The molecule has 0 bridgehead atoms. The summed E-state index contributed by atoms with van der Waals surface area (Å²) >= 11 is 0. The highest BCUT2D eigenvalue weighted by Gasteiger charge is 2.12. The van der Waals surface area contributed by atoms with E-state index in [0.717, 1.165) is 5.82 Å². The van der Waals surface area contributed by atoms with Crippen LogP contribution in [0.5, 0.6) is 0 Å². The Bertz CT molecular complexity index is 606. The normalized spacial score (nSPS) is 10.4. The minimum absolute atomic E-state index is 0.275. The van der Waals surface area contributed by atoms with Gasteiger partial charge < -0.3 is 20.9 Å². The summed E-state index contributed by atoms with van der Waals surface area (Å²) in [6.07, 6.45) is 5.03. The molecule has 0 radical (unpaired) electrons. The fraction of sp³-hybridized carbons (Fsp3) is 0.250. The van der Waals surface area contributed by atoms with Crippen molar-refractivity contribution in [2.45, 2.75) is 6.54 Å². The standard InChI is InChI=1S/C12H16N6O/c1-17-4-3-15-11(17)7-18(2)10-5-8(12(14)19)9(13)6-16-10/h3-6H,7,13H2,1-2H3,(H2,14,19). The van der Waals surface area contributed by atoms with Crippen LogP contribution in [0.3, 0.4) is 0 Å². The van der Waals surface area contributed by atoms with Crippen LogP contribution in [-0.4, -0.2) is 27.5 Å². The molecule has 2 aromatic rings. The number of nitrogen functional groups attached to an aromatic ring is 1. The number of imidazole rings is 1. The zero-order chi connectivity index (χ0) is 14.0. The highest BCUT2D eigenvalue weighted by atomic mass is 16.1. The van der Waals surface area contributed by atoms with Gasteiger partial charge >= 0.3 is 0 Å². The maximum Gasteiger partial charge on any atom is 0.250 e. The van der Waals surface area contributed by atoms with Crippen LogP contribution in [-0.2, 0) is 13.6 Å². The van der Waals surface area contributed by atoms with Crippen LogP contribution < -0.4 is 16.4 Å². The summed E-state index contributed by atoms with van der Waals surface area (Å²) in [7, 11) is 3.78. The fourth-order valence-corrected chi connectivity index (χ4v) is 1.72. The van der Waals surface area contributed by atoms with Crippen molar-refractivity contribution in [3.63, 3.8) is 0 Å². The predicted octanol–water partition coefficient (Wildman–Crippen LogP) is 0.133. The Hall–Kier alpha value is -2.57. The van der Waals surface area contributed by atoms with Crippen molar-refractivity contribution < 1.29 is 4.79 Å². The molecule has 0 aromatic carbocycles. The van der Waals surface area contributed by atoms with Gasteiger partial charge in [-0.25, -0.2) is 9.97 Å². The van der Waals surface area contributed by atoms with Crippen molar-refractivity contribution in [2.24, 2.45) is 12.8 Å². The number of anilines is 2. The van der Waals surface area contributed by atoms with Gasteiger partial charge in [-0.3, -0.25) is 4.79 Å². The first-order chi connectivity index (χ1) is 8.99. The first kappa shape index (κ1) is 12.9. The van der Waals surface area contributed by atoms with Crippen LogP contribution in [0.4, 0.5) is 11.5 Å². The topological polar surface area (TPSA) is 103 Å². The highest BCUT2D eigenvalue weighted by Crippen LogP contribution is 2.18. The fourth-order valence-electron chi connectivity index (χ4n) is 1.72. The van der Waals surface area contributed by atoms with Crippen LogP contribution in [0.2, 0.25) is 0 Å². The predicted molar refractivity (Wildman–Crippen MR) is 72.5 cm³/mol. The number of aryl methyl sites for hydroxylation is 1. The zero-order valence-electron chi connectivity index (χ0n) is 10.9. The van der Waals surface area contributed by atoms with Crippen molar-refractivity contribution in [3.8, 4) is 0 Å². The van der Waals surface area contributed by atoms with E-state index in [0.29, 0.717) is 12.4 Å². The van der Waals surface area contributed by atoms with E-state index in [1.54, 1.807) is 12.3 Å². The molecule has 0 atom stereocenters. The molecule has 0 spiro atoms. The molecule has 1 amide bonds. The second kappa shape index (κ2) is 4.97. The summed E-state index contributed by atoms with van der Waals surface area (Å²) < 4.78 is 1.92. The van der Waals surface area contributed by atoms with Crippen molar-refractivity contribution in [3.05, 3.63) is 36.0 Å². The molecule has 4 N–H and O–H groups in total. The third-order valence-electron chi connectivity index (χ3n) is 2.88. The van der Waals surface area contributed by atoms with Gasteiger partial charge in [0.05, 0.1) is 24.0 Å². The molecule has 2 rings (SSSR count). The average molecular weight is 260 g/mol. The summed E-state index contributed by atoms with van der Waals surface area (Å²) in [4.78, 5) is 21.5. The van der Waals surface area contributed by atoms with Gasteiger partial charge in [-0.2, -0.15) is 0 Å². The van der Waals surface area contributed by atoms with Crippen LogP contribution in [0.15, 0.2) is 24.7 Å². The number of amides is 1. The number of hydrogen-bond donors (Lipinski definition) is 2. The Morgan fingerprint density at radius 3 is 2.79 bits per heavy atom. The first-order valence-corrected chi connectivity index (χ1v) is 5.71. The Morgan fingerprint density at radius 2 is 2.21 bits per heavy atom. The average Bonchev–Trinajstić information content (AvgIpc) is 2.75. The second-order valence-corrected chi connectivity index (χ2v) is 4.30. The summed E-state index contributed by atoms with van der Waals surface area (Å²) in [6.45, 7) is 0.568.